The number of esters is 1. The van der Waals surface area contributed by atoms with Crippen molar-refractivity contribution in [3.8, 4) is 17.1 Å². The Bertz CT molecular complexity index is 1520. The lowest BCUT2D eigenvalue weighted by atomic mass is 10.1. The Hall–Kier alpha value is -2.90. The Morgan fingerprint density at radius 1 is 1.05 bits per heavy atom. The van der Waals surface area contributed by atoms with Crippen molar-refractivity contribution in [3.05, 3.63) is 56.2 Å². The maximum Gasteiger partial charge on any atom is 0.435 e. The lowest BCUT2D eigenvalue weighted by Crippen LogP contribution is -2.31. The topological polar surface area (TPSA) is 113 Å². The molecule has 0 fully saturated rings. The summed E-state index contributed by atoms with van der Waals surface area (Å²) in [5.74, 6) is -2.32. The number of carbonyl (C=O) groups is 1. The summed E-state index contributed by atoms with van der Waals surface area (Å²) in [5, 5.41) is 7.18. The van der Waals surface area contributed by atoms with E-state index in [1.54, 1.807) is 13.8 Å². The molecule has 0 N–H and O–H groups in total. The standard InChI is InChI=1S/C22H21Cl2F3N4O5S/c1-10(2)16-19(36-21(33)11(3)4)18(30-7-6-15(28-30)22(25,26)27)20(32)31(29-16)17-13(23)8-12(9-14(17)24)37(5,34)35/h6-11H,1-5H3. The lowest BCUT2D eigenvalue weighted by Gasteiger charge is -2.20. The number of benzene rings is 1. The Balaban J connectivity index is 2.45. The summed E-state index contributed by atoms with van der Waals surface area (Å²) < 4.78 is 70.6. The van der Waals surface area contributed by atoms with Crippen LogP contribution in [0.4, 0.5) is 13.2 Å². The SMILES string of the molecule is CC(C)C(=O)Oc1c(C(C)C)nn(-c2c(Cl)cc(S(C)(=O)=O)cc2Cl)c(=O)c1-n1ccc(C(F)(F)F)n1. The van der Waals surface area contributed by atoms with Gasteiger partial charge in [0.2, 0.25) is 0 Å². The molecule has 3 rings (SSSR count). The van der Waals surface area contributed by atoms with E-state index in [0.29, 0.717) is 15.4 Å². The van der Waals surface area contributed by atoms with Crippen molar-refractivity contribution in [2.24, 2.45) is 5.92 Å². The molecule has 200 valence electrons. The van der Waals surface area contributed by atoms with Gasteiger partial charge >= 0.3 is 17.7 Å². The fourth-order valence-corrected chi connectivity index (χ4v) is 4.57. The van der Waals surface area contributed by atoms with E-state index >= 15 is 0 Å². The van der Waals surface area contributed by atoms with Gasteiger partial charge in [-0.05, 0) is 18.2 Å². The average molecular weight is 581 g/mol. The fourth-order valence-electron chi connectivity index (χ4n) is 3.13. The first-order valence-electron chi connectivity index (χ1n) is 10.6. The average Bonchev–Trinajstić information content (AvgIpc) is 3.24. The highest BCUT2D eigenvalue weighted by atomic mass is 35.5. The van der Waals surface area contributed by atoms with Crippen LogP contribution < -0.4 is 10.3 Å². The van der Waals surface area contributed by atoms with E-state index in [4.69, 9.17) is 27.9 Å². The van der Waals surface area contributed by atoms with Crippen LogP contribution in [-0.2, 0) is 20.8 Å². The number of carbonyl (C=O) groups excluding carboxylic acids is 1. The highest BCUT2D eigenvalue weighted by Crippen LogP contribution is 2.35. The molecule has 0 unspecified atom stereocenters. The normalized spacial score (nSPS) is 12.4. The molecule has 0 saturated heterocycles. The highest BCUT2D eigenvalue weighted by molar-refractivity contribution is 7.90. The van der Waals surface area contributed by atoms with Crippen molar-refractivity contribution in [2.75, 3.05) is 6.26 Å². The van der Waals surface area contributed by atoms with E-state index in [1.807, 2.05) is 0 Å². The van der Waals surface area contributed by atoms with Gasteiger partial charge in [0.25, 0.3) is 0 Å². The van der Waals surface area contributed by atoms with E-state index in [9.17, 15) is 31.2 Å². The minimum absolute atomic E-state index is 0.00646. The maximum atomic E-state index is 13.7. The van der Waals surface area contributed by atoms with E-state index in [0.717, 1.165) is 24.6 Å². The van der Waals surface area contributed by atoms with Gasteiger partial charge in [-0.3, -0.25) is 9.59 Å². The van der Waals surface area contributed by atoms with Crippen LogP contribution in [0.1, 0.15) is 45.0 Å². The lowest BCUT2D eigenvalue weighted by molar-refractivity contribution is -0.141. The molecule has 9 nitrogen and oxygen atoms in total. The second-order valence-electron chi connectivity index (χ2n) is 8.66. The van der Waals surface area contributed by atoms with Crippen LogP contribution in [0.25, 0.3) is 11.4 Å². The number of ether oxygens (including phenoxy) is 1. The van der Waals surface area contributed by atoms with Crippen LogP contribution >= 0.6 is 23.2 Å². The summed E-state index contributed by atoms with van der Waals surface area (Å²) >= 11 is 12.6. The smallest absolute Gasteiger partial charge is 0.422 e. The van der Waals surface area contributed by atoms with Gasteiger partial charge in [-0.2, -0.15) is 28.1 Å². The van der Waals surface area contributed by atoms with Crippen LogP contribution in [0.15, 0.2) is 34.1 Å². The minimum atomic E-state index is -4.82. The van der Waals surface area contributed by atoms with Crippen molar-refractivity contribution < 1.29 is 31.1 Å². The predicted octanol–water partition coefficient (Wildman–Crippen LogP) is 4.83. The van der Waals surface area contributed by atoms with Crippen LogP contribution in [0.2, 0.25) is 10.0 Å². The molecule has 0 saturated carbocycles. The molecular weight excluding hydrogens is 560 g/mol. The van der Waals surface area contributed by atoms with Crippen molar-refractivity contribution in [1.29, 1.82) is 0 Å². The third-order valence-electron chi connectivity index (χ3n) is 5.01. The molecular formula is C22H21Cl2F3N4O5S. The minimum Gasteiger partial charge on any atom is -0.422 e. The molecule has 0 aliphatic carbocycles. The number of hydrogen-bond donors (Lipinski definition) is 0. The largest absolute Gasteiger partial charge is 0.435 e. The van der Waals surface area contributed by atoms with Gasteiger partial charge in [0.15, 0.2) is 27.0 Å². The first-order valence-corrected chi connectivity index (χ1v) is 13.3. The van der Waals surface area contributed by atoms with Gasteiger partial charge in [-0.1, -0.05) is 50.9 Å². The molecule has 0 radical (unpaired) electrons. The molecule has 0 spiro atoms. The van der Waals surface area contributed by atoms with Crippen LogP contribution in [0.3, 0.4) is 0 Å². The molecule has 2 heterocycles. The van der Waals surface area contributed by atoms with E-state index < -0.39 is 50.8 Å². The first-order chi connectivity index (χ1) is 16.9. The predicted molar refractivity (Wildman–Crippen MR) is 130 cm³/mol. The molecule has 0 aliphatic heterocycles. The summed E-state index contributed by atoms with van der Waals surface area (Å²) in [6.45, 7) is 6.36. The van der Waals surface area contributed by atoms with Gasteiger partial charge in [-0.25, -0.2) is 13.1 Å². The zero-order valence-corrected chi connectivity index (χ0v) is 22.4. The van der Waals surface area contributed by atoms with Gasteiger partial charge in [-0.15, -0.1) is 0 Å². The Morgan fingerprint density at radius 2 is 1.62 bits per heavy atom. The second kappa shape index (κ2) is 10.1. The molecule has 15 heteroatoms. The Kier molecular flexibility index (Phi) is 7.83. The number of aromatic nitrogens is 4. The molecule has 2 aromatic heterocycles. The molecule has 37 heavy (non-hydrogen) atoms. The van der Waals surface area contributed by atoms with Crippen LogP contribution in [0, 0.1) is 5.92 Å². The summed E-state index contributed by atoms with van der Waals surface area (Å²) in [6, 6.07) is 2.76. The zero-order chi connectivity index (χ0) is 28.0. The number of nitrogens with zero attached hydrogens (tertiary/aromatic N) is 4. The number of alkyl halides is 3. The monoisotopic (exact) mass is 580 g/mol. The van der Waals surface area contributed by atoms with Crippen LogP contribution in [0.5, 0.6) is 5.75 Å². The van der Waals surface area contributed by atoms with Crippen molar-refractivity contribution in [2.45, 2.75) is 44.7 Å². The van der Waals surface area contributed by atoms with Crippen molar-refractivity contribution in [1.82, 2.24) is 19.6 Å². The molecule has 0 aliphatic rings. The second-order valence-corrected chi connectivity index (χ2v) is 11.5. The van der Waals surface area contributed by atoms with Crippen molar-refractivity contribution >= 4 is 39.0 Å². The number of sulfone groups is 1. The number of rotatable bonds is 6. The quantitative estimate of drug-likeness (QED) is 0.383. The molecule has 0 amide bonds. The van der Waals surface area contributed by atoms with Gasteiger partial charge in [0.1, 0.15) is 11.4 Å². The van der Waals surface area contributed by atoms with Gasteiger partial charge in [0, 0.05) is 18.4 Å². The molecule has 3 aromatic rings. The Morgan fingerprint density at radius 3 is 2.05 bits per heavy atom. The molecule has 0 atom stereocenters. The Labute approximate surface area is 219 Å². The summed E-state index contributed by atoms with van der Waals surface area (Å²) in [7, 11) is -3.72. The van der Waals surface area contributed by atoms with E-state index in [-0.39, 0.29) is 32.1 Å². The highest BCUT2D eigenvalue weighted by Gasteiger charge is 2.35. The third kappa shape index (κ3) is 5.83. The number of hydrogen-bond acceptors (Lipinski definition) is 7. The summed E-state index contributed by atoms with van der Waals surface area (Å²) in [4.78, 5) is 25.9. The zero-order valence-electron chi connectivity index (χ0n) is 20.1. The van der Waals surface area contributed by atoms with E-state index in [1.165, 1.54) is 13.8 Å². The van der Waals surface area contributed by atoms with E-state index in [2.05, 4.69) is 10.2 Å². The number of halogens is 5. The van der Waals surface area contributed by atoms with Crippen LogP contribution in [-0.4, -0.2) is 40.2 Å². The fraction of sp³-hybridized carbons (Fsp3) is 0.364. The van der Waals surface area contributed by atoms with Gasteiger partial charge in [0.05, 0.1) is 20.9 Å². The van der Waals surface area contributed by atoms with Crippen molar-refractivity contribution in [3.63, 3.8) is 0 Å². The summed E-state index contributed by atoms with van der Waals surface area (Å²) in [6.07, 6.45) is -3.00. The molecule has 0 bridgehead atoms. The first kappa shape index (κ1) is 28.7. The maximum absolute atomic E-state index is 13.7. The van der Waals surface area contributed by atoms with Gasteiger partial charge < -0.3 is 4.74 Å². The third-order valence-corrected chi connectivity index (χ3v) is 6.68. The summed E-state index contributed by atoms with van der Waals surface area (Å²) in [5.41, 5.74) is -3.15. The molecule has 1 aromatic carbocycles.